The third kappa shape index (κ3) is 2.27. The van der Waals surface area contributed by atoms with Crippen LogP contribution in [-0.4, -0.2) is 16.0 Å². The largest absolute Gasteiger partial charge is 0.408 e. The fourth-order valence-corrected chi connectivity index (χ4v) is 2.14. The second-order valence-electron chi connectivity index (χ2n) is 3.70. The van der Waals surface area contributed by atoms with Gasteiger partial charge in [0.1, 0.15) is 11.7 Å². The van der Waals surface area contributed by atoms with E-state index in [9.17, 15) is 13.2 Å². The third-order valence-electron chi connectivity index (χ3n) is 2.48. The highest BCUT2D eigenvalue weighted by molar-refractivity contribution is 6.30. The van der Waals surface area contributed by atoms with Gasteiger partial charge in [0, 0.05) is 5.56 Å². The number of hydrogen-bond acceptors (Lipinski definition) is 1. The molecule has 0 spiro atoms. The highest BCUT2D eigenvalue weighted by Gasteiger charge is 2.31. The van der Waals surface area contributed by atoms with Crippen LogP contribution in [-0.2, 0) is 19.4 Å². The summed E-state index contributed by atoms with van der Waals surface area (Å²) in [6, 6.07) is 0. The minimum Gasteiger partial charge on any atom is -0.244 e. The second kappa shape index (κ2) is 3.70. The minimum absolute atomic E-state index is 0.155. The van der Waals surface area contributed by atoms with Crippen molar-refractivity contribution in [1.82, 2.24) is 9.78 Å². The summed E-state index contributed by atoms with van der Waals surface area (Å²) in [6.07, 6.45) is -0.832. The second-order valence-corrected chi connectivity index (χ2v) is 4.05. The molecule has 0 N–H and O–H groups in total. The summed E-state index contributed by atoms with van der Waals surface area (Å²) in [5, 5.41) is 4.06. The van der Waals surface area contributed by atoms with Gasteiger partial charge in [-0.1, -0.05) is 11.6 Å². The van der Waals surface area contributed by atoms with Gasteiger partial charge < -0.3 is 0 Å². The van der Waals surface area contributed by atoms with E-state index < -0.39 is 12.7 Å². The van der Waals surface area contributed by atoms with E-state index in [4.69, 9.17) is 11.6 Å². The Kier molecular flexibility index (Phi) is 2.66. The van der Waals surface area contributed by atoms with E-state index in [1.54, 1.807) is 0 Å². The summed E-state index contributed by atoms with van der Waals surface area (Å²) >= 11 is 5.85. The molecule has 84 valence electrons. The fourth-order valence-electron chi connectivity index (χ4n) is 1.84. The first kappa shape index (κ1) is 10.8. The van der Waals surface area contributed by atoms with Crippen LogP contribution in [0.3, 0.4) is 0 Å². The normalized spacial score (nSPS) is 16.5. The maximum absolute atomic E-state index is 12.2. The maximum atomic E-state index is 12.2. The quantitative estimate of drug-likeness (QED) is 0.736. The Balaban J connectivity index is 2.29. The van der Waals surface area contributed by atoms with E-state index in [1.165, 1.54) is 0 Å². The summed E-state index contributed by atoms with van der Waals surface area (Å²) in [5.41, 5.74) is 1.53. The SMILES string of the molecule is FC(F)(F)Cn1nc2c(c1Cl)CCCC2. The van der Waals surface area contributed by atoms with Crippen LogP contribution >= 0.6 is 11.6 Å². The van der Waals surface area contributed by atoms with Gasteiger partial charge in [-0.15, -0.1) is 0 Å². The number of alkyl halides is 3. The minimum atomic E-state index is -4.27. The lowest BCUT2D eigenvalue weighted by atomic mass is 9.99. The number of nitrogens with zero attached hydrogens (tertiary/aromatic N) is 2. The van der Waals surface area contributed by atoms with Gasteiger partial charge in [0.2, 0.25) is 0 Å². The molecule has 2 rings (SSSR count). The highest BCUT2D eigenvalue weighted by atomic mass is 35.5. The average Bonchev–Trinajstić information content (AvgIpc) is 2.42. The lowest BCUT2D eigenvalue weighted by Crippen LogP contribution is -2.18. The van der Waals surface area contributed by atoms with Crippen molar-refractivity contribution in [3.05, 3.63) is 16.4 Å². The van der Waals surface area contributed by atoms with Crippen LogP contribution in [0.1, 0.15) is 24.1 Å². The zero-order valence-corrected chi connectivity index (χ0v) is 8.70. The van der Waals surface area contributed by atoms with Crippen molar-refractivity contribution in [3.8, 4) is 0 Å². The molecule has 0 aliphatic heterocycles. The van der Waals surface area contributed by atoms with Crippen molar-refractivity contribution in [2.24, 2.45) is 0 Å². The number of fused-ring (bicyclic) bond motifs is 1. The standard InChI is InChI=1S/C9H10ClF3N2/c10-8-6-3-1-2-4-7(6)14-15(8)5-9(11,12)13/h1-5H2. The van der Waals surface area contributed by atoms with Gasteiger partial charge >= 0.3 is 6.18 Å². The Morgan fingerprint density at radius 3 is 2.53 bits per heavy atom. The van der Waals surface area contributed by atoms with Gasteiger partial charge in [0.05, 0.1) is 5.69 Å². The van der Waals surface area contributed by atoms with Crippen LogP contribution < -0.4 is 0 Å². The van der Waals surface area contributed by atoms with Crippen molar-refractivity contribution >= 4 is 11.6 Å². The molecule has 0 saturated carbocycles. The van der Waals surface area contributed by atoms with Crippen molar-refractivity contribution in [2.75, 3.05) is 0 Å². The molecule has 0 fully saturated rings. The molecule has 0 saturated heterocycles. The number of aromatic nitrogens is 2. The Morgan fingerprint density at radius 1 is 1.27 bits per heavy atom. The molecule has 0 aromatic carbocycles. The van der Waals surface area contributed by atoms with Gasteiger partial charge in [-0.3, -0.25) is 0 Å². The van der Waals surface area contributed by atoms with Crippen LogP contribution in [0.5, 0.6) is 0 Å². The molecule has 0 atom stereocenters. The first-order chi connectivity index (χ1) is 6.97. The molecule has 0 amide bonds. The molecule has 2 nitrogen and oxygen atoms in total. The van der Waals surface area contributed by atoms with E-state index in [0.717, 1.165) is 41.6 Å². The van der Waals surface area contributed by atoms with Crippen LogP contribution in [0.4, 0.5) is 13.2 Å². The van der Waals surface area contributed by atoms with E-state index in [-0.39, 0.29) is 5.15 Å². The molecule has 1 aliphatic rings. The highest BCUT2D eigenvalue weighted by Crippen LogP contribution is 2.29. The third-order valence-corrected chi connectivity index (χ3v) is 2.91. The molecule has 1 aromatic heterocycles. The van der Waals surface area contributed by atoms with Gasteiger partial charge in [0.15, 0.2) is 0 Å². The molecule has 0 bridgehead atoms. The number of rotatable bonds is 1. The number of halogens is 4. The average molecular weight is 239 g/mol. The van der Waals surface area contributed by atoms with Gasteiger partial charge in [-0.05, 0) is 25.7 Å². The molecule has 0 unspecified atom stereocenters. The number of hydrogen-bond donors (Lipinski definition) is 0. The molecular weight excluding hydrogens is 229 g/mol. The molecule has 1 heterocycles. The summed E-state index contributed by atoms with van der Waals surface area (Å²) in [5.74, 6) is 0. The predicted molar refractivity (Wildman–Crippen MR) is 49.9 cm³/mol. The lowest BCUT2D eigenvalue weighted by molar-refractivity contribution is -0.142. The van der Waals surface area contributed by atoms with E-state index in [1.807, 2.05) is 0 Å². The Bertz CT molecular complexity index is 370. The summed E-state index contributed by atoms with van der Waals surface area (Å²) < 4.78 is 37.4. The smallest absolute Gasteiger partial charge is 0.244 e. The molecule has 1 aliphatic carbocycles. The van der Waals surface area contributed by atoms with E-state index >= 15 is 0 Å². The van der Waals surface area contributed by atoms with Crippen molar-refractivity contribution in [1.29, 1.82) is 0 Å². The van der Waals surface area contributed by atoms with Gasteiger partial charge in [-0.2, -0.15) is 18.3 Å². The molecule has 0 radical (unpaired) electrons. The monoisotopic (exact) mass is 238 g/mol. The predicted octanol–water partition coefficient (Wildman–Crippen LogP) is 2.98. The molecule has 6 heteroatoms. The first-order valence-corrected chi connectivity index (χ1v) is 5.16. The van der Waals surface area contributed by atoms with Crippen molar-refractivity contribution in [2.45, 2.75) is 38.4 Å². The van der Waals surface area contributed by atoms with Gasteiger partial charge in [0.25, 0.3) is 0 Å². The van der Waals surface area contributed by atoms with Crippen molar-refractivity contribution < 1.29 is 13.2 Å². The summed E-state index contributed by atoms with van der Waals surface area (Å²) in [4.78, 5) is 0. The summed E-state index contributed by atoms with van der Waals surface area (Å²) in [7, 11) is 0. The number of aryl methyl sites for hydroxylation is 1. The topological polar surface area (TPSA) is 17.8 Å². The Labute approximate surface area is 90.0 Å². The van der Waals surface area contributed by atoms with E-state index in [2.05, 4.69) is 5.10 Å². The Morgan fingerprint density at radius 2 is 1.93 bits per heavy atom. The summed E-state index contributed by atoms with van der Waals surface area (Å²) in [6.45, 7) is -1.10. The van der Waals surface area contributed by atoms with Crippen LogP contribution in [0.15, 0.2) is 0 Å². The van der Waals surface area contributed by atoms with Crippen molar-refractivity contribution in [3.63, 3.8) is 0 Å². The molecule has 15 heavy (non-hydrogen) atoms. The maximum Gasteiger partial charge on any atom is 0.408 e. The van der Waals surface area contributed by atoms with E-state index in [0.29, 0.717) is 0 Å². The first-order valence-electron chi connectivity index (χ1n) is 4.78. The Hall–Kier alpha value is -0.710. The molecule has 1 aromatic rings. The van der Waals surface area contributed by atoms with Gasteiger partial charge in [-0.25, -0.2) is 4.68 Å². The van der Waals surface area contributed by atoms with Crippen LogP contribution in [0.2, 0.25) is 5.15 Å². The van der Waals surface area contributed by atoms with Crippen LogP contribution in [0, 0.1) is 0 Å². The molecular formula is C9H10ClF3N2. The zero-order valence-electron chi connectivity index (χ0n) is 7.94. The van der Waals surface area contributed by atoms with Crippen LogP contribution in [0.25, 0.3) is 0 Å². The zero-order chi connectivity index (χ0) is 11.1. The fraction of sp³-hybridized carbons (Fsp3) is 0.667. The lowest BCUT2D eigenvalue weighted by Gasteiger charge is -2.08.